The Kier molecular flexibility index (Phi) is 6.77. The lowest BCUT2D eigenvalue weighted by atomic mass is 9.99. The van der Waals surface area contributed by atoms with Crippen molar-refractivity contribution in [2.45, 2.75) is 25.4 Å². The summed E-state index contributed by atoms with van der Waals surface area (Å²) >= 11 is 0. The summed E-state index contributed by atoms with van der Waals surface area (Å²) in [6.45, 7) is 1.83. The minimum absolute atomic E-state index is 0.0278. The Morgan fingerprint density at radius 2 is 1.77 bits per heavy atom. The largest absolute Gasteiger partial charge is 0.396 e. The second-order valence-corrected chi connectivity index (χ2v) is 7.00. The summed E-state index contributed by atoms with van der Waals surface area (Å²) in [5.41, 5.74) is 2.79. The molecule has 5 heteroatoms. The lowest BCUT2D eigenvalue weighted by Crippen LogP contribution is -2.40. The van der Waals surface area contributed by atoms with Crippen molar-refractivity contribution < 1.29 is 15.0 Å². The minimum atomic E-state index is -1.02. The van der Waals surface area contributed by atoms with Crippen LogP contribution in [0.15, 0.2) is 48.5 Å². The number of aliphatic hydroxyl groups is 2. The van der Waals surface area contributed by atoms with Gasteiger partial charge >= 0.3 is 0 Å². The molecule has 0 radical (unpaired) electrons. The molecule has 2 aromatic rings. The Morgan fingerprint density at radius 1 is 1.12 bits per heavy atom. The highest BCUT2D eigenvalue weighted by Crippen LogP contribution is 2.29. The molecule has 26 heavy (non-hydrogen) atoms. The minimum Gasteiger partial charge on any atom is -0.396 e. The van der Waals surface area contributed by atoms with Crippen LogP contribution in [0.5, 0.6) is 0 Å². The SMILES string of the molecule is CN(C)c1ccccc1-c1ccc(C(=O)NC[C@@](C)(O)CCCO)cc1. The molecule has 0 aromatic heterocycles. The van der Waals surface area contributed by atoms with Crippen LogP contribution >= 0.6 is 0 Å². The highest BCUT2D eigenvalue weighted by molar-refractivity contribution is 5.95. The third-order valence-corrected chi connectivity index (χ3v) is 4.35. The number of nitrogens with one attached hydrogen (secondary N) is 1. The van der Waals surface area contributed by atoms with Gasteiger partial charge in [0, 0.05) is 44.1 Å². The molecule has 0 saturated carbocycles. The van der Waals surface area contributed by atoms with Gasteiger partial charge in [-0.25, -0.2) is 0 Å². The molecule has 1 atom stereocenters. The number of hydrogen-bond donors (Lipinski definition) is 3. The molecule has 0 aliphatic heterocycles. The maximum absolute atomic E-state index is 12.3. The van der Waals surface area contributed by atoms with Crippen LogP contribution in [0.25, 0.3) is 11.1 Å². The molecule has 0 bridgehead atoms. The fraction of sp³-hybridized carbons (Fsp3) is 0.381. The average molecular weight is 356 g/mol. The predicted molar refractivity (Wildman–Crippen MR) is 105 cm³/mol. The van der Waals surface area contributed by atoms with E-state index in [1.165, 1.54) is 0 Å². The molecule has 2 aromatic carbocycles. The van der Waals surface area contributed by atoms with Gasteiger partial charge in [-0.1, -0.05) is 30.3 Å². The summed E-state index contributed by atoms with van der Waals surface area (Å²) in [6.07, 6.45) is 0.937. The van der Waals surface area contributed by atoms with Gasteiger partial charge in [-0.3, -0.25) is 4.79 Å². The Hall–Kier alpha value is -2.37. The molecule has 0 fully saturated rings. The first kappa shape index (κ1) is 19.9. The van der Waals surface area contributed by atoms with E-state index >= 15 is 0 Å². The van der Waals surface area contributed by atoms with Crippen molar-refractivity contribution in [1.29, 1.82) is 0 Å². The third kappa shape index (κ3) is 5.31. The zero-order valence-corrected chi connectivity index (χ0v) is 15.7. The van der Waals surface area contributed by atoms with Gasteiger partial charge in [0.2, 0.25) is 0 Å². The highest BCUT2D eigenvalue weighted by atomic mass is 16.3. The van der Waals surface area contributed by atoms with Gasteiger partial charge in [0.1, 0.15) is 0 Å². The summed E-state index contributed by atoms with van der Waals surface area (Å²) in [5.74, 6) is -0.221. The fourth-order valence-corrected chi connectivity index (χ4v) is 2.83. The van der Waals surface area contributed by atoms with E-state index in [0.717, 1.165) is 16.8 Å². The monoisotopic (exact) mass is 356 g/mol. The van der Waals surface area contributed by atoms with Crippen LogP contribution in [0.2, 0.25) is 0 Å². The van der Waals surface area contributed by atoms with Crippen molar-refractivity contribution in [3.8, 4) is 11.1 Å². The van der Waals surface area contributed by atoms with Crippen molar-refractivity contribution in [2.75, 3.05) is 32.1 Å². The second kappa shape index (κ2) is 8.83. The number of carbonyl (C=O) groups is 1. The number of hydrogen-bond acceptors (Lipinski definition) is 4. The van der Waals surface area contributed by atoms with Gasteiger partial charge in [0.15, 0.2) is 0 Å². The van der Waals surface area contributed by atoms with Gasteiger partial charge in [0.05, 0.1) is 5.60 Å². The molecule has 5 nitrogen and oxygen atoms in total. The number of amides is 1. The summed E-state index contributed by atoms with van der Waals surface area (Å²) in [4.78, 5) is 14.4. The number of para-hydroxylation sites is 1. The number of aliphatic hydroxyl groups excluding tert-OH is 1. The van der Waals surface area contributed by atoms with E-state index in [0.29, 0.717) is 18.4 Å². The molecule has 0 aliphatic carbocycles. The Labute approximate surface area is 155 Å². The number of anilines is 1. The van der Waals surface area contributed by atoms with Gasteiger partial charge in [-0.2, -0.15) is 0 Å². The van der Waals surface area contributed by atoms with Crippen molar-refractivity contribution >= 4 is 11.6 Å². The van der Waals surface area contributed by atoms with E-state index in [9.17, 15) is 9.90 Å². The van der Waals surface area contributed by atoms with Crippen molar-refractivity contribution in [3.63, 3.8) is 0 Å². The Bertz CT molecular complexity index is 724. The first-order chi connectivity index (χ1) is 12.3. The van der Waals surface area contributed by atoms with Gasteiger partial charge in [-0.15, -0.1) is 0 Å². The number of rotatable bonds is 8. The zero-order valence-electron chi connectivity index (χ0n) is 15.7. The van der Waals surface area contributed by atoms with E-state index in [1.807, 2.05) is 38.4 Å². The van der Waals surface area contributed by atoms with E-state index in [-0.39, 0.29) is 19.1 Å². The smallest absolute Gasteiger partial charge is 0.251 e. The molecule has 1 amide bonds. The summed E-state index contributed by atoms with van der Waals surface area (Å²) in [5, 5.41) is 21.8. The third-order valence-electron chi connectivity index (χ3n) is 4.35. The highest BCUT2D eigenvalue weighted by Gasteiger charge is 2.21. The van der Waals surface area contributed by atoms with Gasteiger partial charge in [0.25, 0.3) is 5.91 Å². The van der Waals surface area contributed by atoms with Crippen LogP contribution in [0, 0.1) is 0 Å². The number of nitrogens with zero attached hydrogens (tertiary/aromatic N) is 1. The summed E-state index contributed by atoms with van der Waals surface area (Å²) < 4.78 is 0. The van der Waals surface area contributed by atoms with Gasteiger partial charge < -0.3 is 20.4 Å². The van der Waals surface area contributed by atoms with Crippen LogP contribution in [-0.2, 0) is 0 Å². The average Bonchev–Trinajstić information content (AvgIpc) is 2.64. The topological polar surface area (TPSA) is 72.8 Å². The Morgan fingerprint density at radius 3 is 2.38 bits per heavy atom. The quantitative estimate of drug-likeness (QED) is 0.680. The zero-order chi connectivity index (χ0) is 19.2. The molecule has 3 N–H and O–H groups in total. The number of benzene rings is 2. The standard InChI is InChI=1S/C21H28N2O3/c1-21(26,13-6-14-24)15-22-20(25)17-11-9-16(10-12-17)18-7-4-5-8-19(18)23(2)3/h4-5,7-12,24,26H,6,13-15H2,1-3H3,(H,22,25)/t21-/m0/s1. The van der Waals surface area contributed by atoms with E-state index in [4.69, 9.17) is 5.11 Å². The van der Waals surface area contributed by atoms with Crippen LogP contribution < -0.4 is 10.2 Å². The summed E-state index contributed by atoms with van der Waals surface area (Å²) in [6, 6.07) is 15.6. The van der Waals surface area contributed by atoms with Crippen LogP contribution in [0.1, 0.15) is 30.1 Å². The number of carbonyl (C=O) groups excluding carboxylic acids is 1. The fourth-order valence-electron chi connectivity index (χ4n) is 2.83. The molecule has 0 spiro atoms. The molecule has 0 saturated heterocycles. The van der Waals surface area contributed by atoms with Crippen molar-refractivity contribution in [1.82, 2.24) is 5.32 Å². The summed E-state index contributed by atoms with van der Waals surface area (Å²) in [7, 11) is 4.01. The maximum atomic E-state index is 12.3. The van der Waals surface area contributed by atoms with E-state index in [2.05, 4.69) is 22.3 Å². The molecule has 0 heterocycles. The second-order valence-electron chi connectivity index (χ2n) is 7.00. The Balaban J connectivity index is 2.07. The molecular formula is C21H28N2O3. The normalized spacial score (nSPS) is 13.1. The van der Waals surface area contributed by atoms with Crippen LogP contribution in [0.4, 0.5) is 5.69 Å². The van der Waals surface area contributed by atoms with Crippen LogP contribution in [-0.4, -0.2) is 49.0 Å². The molecule has 140 valence electrons. The van der Waals surface area contributed by atoms with Crippen molar-refractivity contribution in [3.05, 3.63) is 54.1 Å². The lowest BCUT2D eigenvalue weighted by Gasteiger charge is -2.23. The van der Waals surface area contributed by atoms with Crippen molar-refractivity contribution in [2.24, 2.45) is 0 Å². The predicted octanol–water partition coefficient (Wildman–Crippen LogP) is 2.67. The molecule has 0 unspecified atom stereocenters. The van der Waals surface area contributed by atoms with E-state index in [1.54, 1.807) is 19.1 Å². The first-order valence-corrected chi connectivity index (χ1v) is 8.82. The molecule has 0 aliphatic rings. The molecule has 2 rings (SSSR count). The molecular weight excluding hydrogens is 328 g/mol. The maximum Gasteiger partial charge on any atom is 0.251 e. The first-order valence-electron chi connectivity index (χ1n) is 8.82. The van der Waals surface area contributed by atoms with Crippen LogP contribution in [0.3, 0.4) is 0 Å². The van der Waals surface area contributed by atoms with Gasteiger partial charge in [-0.05, 0) is 43.5 Å². The van der Waals surface area contributed by atoms with E-state index < -0.39 is 5.60 Å². The lowest BCUT2D eigenvalue weighted by molar-refractivity contribution is 0.0415.